The van der Waals surface area contributed by atoms with Crippen molar-refractivity contribution in [2.45, 2.75) is 56.2 Å². The SMILES string of the molecule is CSC1(CN2CCNC(C)(C)C2)CCCCC1. The molecule has 2 aliphatic rings. The quantitative estimate of drug-likeness (QED) is 0.836. The molecule has 3 heteroatoms. The molecule has 2 nitrogen and oxygen atoms in total. The largest absolute Gasteiger partial charge is 0.309 e. The van der Waals surface area contributed by atoms with E-state index in [0.717, 1.165) is 6.54 Å². The minimum Gasteiger partial charge on any atom is -0.309 e. The molecule has 1 heterocycles. The van der Waals surface area contributed by atoms with Gasteiger partial charge in [-0.15, -0.1) is 0 Å². The summed E-state index contributed by atoms with van der Waals surface area (Å²) >= 11 is 2.12. The number of hydrogen-bond acceptors (Lipinski definition) is 3. The number of thioether (sulfide) groups is 1. The second-order valence-electron chi connectivity index (χ2n) is 6.47. The first kappa shape index (κ1) is 13.7. The lowest BCUT2D eigenvalue weighted by Crippen LogP contribution is -2.59. The van der Waals surface area contributed by atoms with Crippen LogP contribution in [-0.2, 0) is 0 Å². The zero-order valence-corrected chi connectivity index (χ0v) is 12.5. The Hall–Kier alpha value is 0.270. The van der Waals surface area contributed by atoms with Crippen molar-refractivity contribution in [3.63, 3.8) is 0 Å². The fourth-order valence-corrected chi connectivity index (χ4v) is 4.42. The highest BCUT2D eigenvalue weighted by atomic mass is 32.2. The first-order chi connectivity index (χ1) is 8.05. The van der Waals surface area contributed by atoms with Crippen molar-refractivity contribution in [3.05, 3.63) is 0 Å². The molecule has 17 heavy (non-hydrogen) atoms. The Labute approximate surface area is 111 Å². The summed E-state index contributed by atoms with van der Waals surface area (Å²) in [7, 11) is 0. The third kappa shape index (κ3) is 3.62. The summed E-state index contributed by atoms with van der Waals surface area (Å²) < 4.78 is 0.561. The van der Waals surface area contributed by atoms with Gasteiger partial charge in [0.05, 0.1) is 0 Å². The van der Waals surface area contributed by atoms with Gasteiger partial charge in [0.25, 0.3) is 0 Å². The van der Waals surface area contributed by atoms with Gasteiger partial charge in [0.15, 0.2) is 0 Å². The van der Waals surface area contributed by atoms with E-state index >= 15 is 0 Å². The molecule has 2 rings (SSSR count). The highest BCUT2D eigenvalue weighted by molar-refractivity contribution is 8.00. The van der Waals surface area contributed by atoms with Crippen molar-refractivity contribution in [2.24, 2.45) is 0 Å². The standard InChI is InChI=1S/C14H28N2S/c1-13(2)11-16(10-9-15-13)12-14(17-3)7-5-4-6-8-14/h15H,4-12H2,1-3H3. The zero-order valence-electron chi connectivity index (χ0n) is 11.7. The van der Waals surface area contributed by atoms with Gasteiger partial charge < -0.3 is 5.32 Å². The van der Waals surface area contributed by atoms with E-state index in [4.69, 9.17) is 0 Å². The van der Waals surface area contributed by atoms with Crippen LogP contribution in [-0.4, -0.2) is 47.6 Å². The second-order valence-corrected chi connectivity index (χ2v) is 7.74. The van der Waals surface area contributed by atoms with E-state index in [-0.39, 0.29) is 0 Å². The molecule has 0 aromatic rings. The fourth-order valence-electron chi connectivity index (χ4n) is 3.41. The van der Waals surface area contributed by atoms with E-state index in [1.807, 2.05) is 0 Å². The Bertz CT molecular complexity index is 247. The summed E-state index contributed by atoms with van der Waals surface area (Å²) in [5.74, 6) is 0. The molecule has 2 fully saturated rings. The predicted octanol–water partition coefficient (Wildman–Crippen LogP) is 2.74. The van der Waals surface area contributed by atoms with Crippen LogP contribution in [0, 0.1) is 0 Å². The lowest BCUT2D eigenvalue weighted by atomic mass is 9.87. The molecule has 0 aromatic heterocycles. The van der Waals surface area contributed by atoms with Gasteiger partial charge in [0.2, 0.25) is 0 Å². The number of nitrogens with zero attached hydrogens (tertiary/aromatic N) is 1. The minimum atomic E-state index is 0.298. The average Bonchev–Trinajstić information content (AvgIpc) is 2.29. The van der Waals surface area contributed by atoms with Crippen LogP contribution in [0.5, 0.6) is 0 Å². The molecule has 0 atom stereocenters. The van der Waals surface area contributed by atoms with Crippen molar-refractivity contribution in [2.75, 3.05) is 32.4 Å². The summed E-state index contributed by atoms with van der Waals surface area (Å²) in [6.07, 6.45) is 9.51. The number of hydrogen-bond donors (Lipinski definition) is 1. The van der Waals surface area contributed by atoms with Crippen LogP contribution >= 0.6 is 11.8 Å². The second kappa shape index (κ2) is 5.50. The summed E-state index contributed by atoms with van der Waals surface area (Å²) in [4.78, 5) is 2.69. The van der Waals surface area contributed by atoms with E-state index < -0.39 is 0 Å². The highest BCUT2D eigenvalue weighted by Gasteiger charge is 2.35. The lowest BCUT2D eigenvalue weighted by Gasteiger charge is -2.45. The Kier molecular flexibility index (Phi) is 4.43. The minimum absolute atomic E-state index is 0.298. The van der Waals surface area contributed by atoms with Crippen molar-refractivity contribution in [1.82, 2.24) is 10.2 Å². The fraction of sp³-hybridized carbons (Fsp3) is 1.00. The van der Waals surface area contributed by atoms with E-state index in [9.17, 15) is 0 Å². The lowest BCUT2D eigenvalue weighted by molar-refractivity contribution is 0.133. The molecule has 1 saturated carbocycles. The number of rotatable bonds is 3. The number of piperazine rings is 1. The molecule has 0 spiro atoms. The van der Waals surface area contributed by atoms with Crippen LogP contribution in [0.4, 0.5) is 0 Å². The zero-order chi connectivity index (χ0) is 12.4. The molecular formula is C14H28N2S. The summed E-state index contributed by atoms with van der Waals surface area (Å²) in [5, 5.41) is 3.61. The molecule has 1 aliphatic carbocycles. The Morgan fingerprint density at radius 1 is 1.18 bits per heavy atom. The highest BCUT2D eigenvalue weighted by Crippen LogP contribution is 2.39. The molecule has 0 unspecified atom stereocenters. The summed E-state index contributed by atoms with van der Waals surface area (Å²) in [6.45, 7) is 9.54. The first-order valence-electron chi connectivity index (χ1n) is 7.08. The Balaban J connectivity index is 1.93. The summed E-state index contributed by atoms with van der Waals surface area (Å²) in [5.41, 5.74) is 0.298. The van der Waals surface area contributed by atoms with Crippen LogP contribution in [0.3, 0.4) is 0 Å². The van der Waals surface area contributed by atoms with E-state index in [0.29, 0.717) is 10.3 Å². The van der Waals surface area contributed by atoms with Gasteiger partial charge >= 0.3 is 0 Å². The smallest absolute Gasteiger partial charge is 0.0284 e. The maximum Gasteiger partial charge on any atom is 0.0284 e. The molecule has 0 aromatic carbocycles. The van der Waals surface area contributed by atoms with Gasteiger partial charge in [0, 0.05) is 36.5 Å². The molecule has 0 radical (unpaired) electrons. The maximum atomic E-state index is 3.61. The predicted molar refractivity (Wildman–Crippen MR) is 77.9 cm³/mol. The van der Waals surface area contributed by atoms with E-state index in [1.54, 1.807) is 0 Å². The molecular weight excluding hydrogens is 228 g/mol. The monoisotopic (exact) mass is 256 g/mol. The van der Waals surface area contributed by atoms with Crippen molar-refractivity contribution in [3.8, 4) is 0 Å². The first-order valence-corrected chi connectivity index (χ1v) is 8.30. The molecule has 1 aliphatic heterocycles. The van der Waals surface area contributed by atoms with Crippen LogP contribution in [0.25, 0.3) is 0 Å². The van der Waals surface area contributed by atoms with Gasteiger partial charge in [-0.05, 0) is 32.9 Å². The van der Waals surface area contributed by atoms with Crippen molar-refractivity contribution < 1.29 is 0 Å². The van der Waals surface area contributed by atoms with Gasteiger partial charge in [-0.1, -0.05) is 19.3 Å². The third-order valence-electron chi connectivity index (χ3n) is 4.36. The maximum absolute atomic E-state index is 3.61. The average molecular weight is 256 g/mol. The van der Waals surface area contributed by atoms with Crippen LogP contribution in [0.2, 0.25) is 0 Å². The molecule has 0 bridgehead atoms. The Morgan fingerprint density at radius 2 is 1.88 bits per heavy atom. The van der Waals surface area contributed by atoms with Gasteiger partial charge in [0.1, 0.15) is 0 Å². The number of nitrogens with one attached hydrogen (secondary N) is 1. The van der Waals surface area contributed by atoms with Crippen LogP contribution in [0.15, 0.2) is 0 Å². The Morgan fingerprint density at radius 3 is 2.47 bits per heavy atom. The van der Waals surface area contributed by atoms with Gasteiger partial charge in [-0.3, -0.25) is 4.90 Å². The molecule has 1 saturated heterocycles. The molecule has 100 valence electrons. The third-order valence-corrected chi connectivity index (χ3v) is 5.76. The van der Waals surface area contributed by atoms with Gasteiger partial charge in [-0.2, -0.15) is 11.8 Å². The van der Waals surface area contributed by atoms with Crippen LogP contribution < -0.4 is 5.32 Å². The van der Waals surface area contributed by atoms with Crippen molar-refractivity contribution in [1.29, 1.82) is 0 Å². The summed E-state index contributed by atoms with van der Waals surface area (Å²) in [6, 6.07) is 0. The normalized spacial score (nSPS) is 29.1. The molecule has 0 amide bonds. The topological polar surface area (TPSA) is 15.3 Å². The van der Waals surface area contributed by atoms with Crippen molar-refractivity contribution >= 4 is 11.8 Å². The van der Waals surface area contributed by atoms with E-state index in [2.05, 4.69) is 42.1 Å². The van der Waals surface area contributed by atoms with Crippen LogP contribution in [0.1, 0.15) is 46.0 Å². The van der Waals surface area contributed by atoms with E-state index in [1.165, 1.54) is 51.7 Å². The molecule has 1 N–H and O–H groups in total. The van der Waals surface area contributed by atoms with Gasteiger partial charge in [-0.25, -0.2) is 0 Å².